The minimum Gasteiger partial charge on any atom is -0.508 e. The molecule has 1 aliphatic heterocycles. The van der Waals surface area contributed by atoms with E-state index in [0.717, 1.165) is 37.0 Å². The van der Waals surface area contributed by atoms with Gasteiger partial charge in [0.15, 0.2) is 0 Å². The van der Waals surface area contributed by atoms with E-state index in [1.54, 1.807) is 13.8 Å². The Kier molecular flexibility index (Phi) is 26.1. The maximum absolute atomic E-state index is 14.1. The standard InChI is InChI=1S/C46H72N12O13/c1-5-7-8-9-10-11-12-29(41(66)51-23-36(49)62)52-39(65)25-58(4)46(71)31-18-20-37(63)50-24-38(64)53-32(21-27-13-15-28(59)16-14-27)44(69)57-40(26(3)6-2)45(70)54-30(17-19-34(47)60)42(67)56-33(22-35(48)61)43(68)55-31/h13-16,26,29-33,40,59H,5-12,17-25H2,1-4H3,(H2,47,60)(H2,48,61)(H2,49,62)(H,50,63)(H,51,66)(H,52,65)(H,53,64)(H,54,70)(H,55,68)(H,56,67)(H,57,69)/t26?,29-,30-,31-,32-,33-,40?/m0/s1. The van der Waals surface area contributed by atoms with Gasteiger partial charge in [-0.25, -0.2) is 0 Å². The van der Waals surface area contributed by atoms with Crippen LogP contribution < -0.4 is 59.7 Å². The molecular weight excluding hydrogens is 929 g/mol. The van der Waals surface area contributed by atoms with E-state index in [1.165, 1.54) is 31.3 Å². The number of rotatable bonds is 23. The molecule has 1 aromatic rings. The van der Waals surface area contributed by atoms with Gasteiger partial charge in [-0.15, -0.1) is 0 Å². The molecular formula is C46H72N12O13. The van der Waals surface area contributed by atoms with Crippen LogP contribution in [-0.4, -0.2) is 144 Å². The molecule has 0 bridgehead atoms. The molecule has 1 heterocycles. The van der Waals surface area contributed by atoms with Crippen LogP contribution in [0.2, 0.25) is 0 Å². The summed E-state index contributed by atoms with van der Waals surface area (Å²) in [4.78, 5) is 159. The van der Waals surface area contributed by atoms with Crippen molar-refractivity contribution < 1.29 is 62.6 Å². The number of nitrogens with two attached hydrogens (primary N) is 3. The predicted octanol–water partition coefficient (Wildman–Crippen LogP) is -3.25. The van der Waals surface area contributed by atoms with Crippen molar-refractivity contribution in [3.63, 3.8) is 0 Å². The zero-order chi connectivity index (χ0) is 53.2. The van der Waals surface area contributed by atoms with Crippen LogP contribution in [0.1, 0.15) is 110 Å². The minimum atomic E-state index is -1.83. The lowest BCUT2D eigenvalue weighted by atomic mass is 9.96. The van der Waals surface area contributed by atoms with Crippen LogP contribution in [0.15, 0.2) is 24.3 Å². The Morgan fingerprint density at radius 2 is 1.37 bits per heavy atom. The van der Waals surface area contributed by atoms with Crippen LogP contribution in [-0.2, 0) is 64.0 Å². The minimum absolute atomic E-state index is 0.0703. The Hall–Kier alpha value is -7.34. The fourth-order valence-electron chi connectivity index (χ4n) is 7.34. The normalized spacial score (nSPS) is 20.5. The van der Waals surface area contributed by atoms with Crippen molar-refractivity contribution in [2.45, 2.75) is 147 Å². The number of nitrogens with zero attached hydrogens (tertiary/aromatic N) is 1. The van der Waals surface area contributed by atoms with Crippen molar-refractivity contribution in [1.82, 2.24) is 47.4 Å². The molecule has 15 N–H and O–H groups in total. The van der Waals surface area contributed by atoms with Gasteiger partial charge in [-0.3, -0.25) is 57.5 Å². The van der Waals surface area contributed by atoms with E-state index < -0.39 is 165 Å². The van der Waals surface area contributed by atoms with Crippen LogP contribution >= 0.6 is 0 Å². The van der Waals surface area contributed by atoms with E-state index in [1.807, 2.05) is 0 Å². The quantitative estimate of drug-likeness (QED) is 0.0480. The van der Waals surface area contributed by atoms with Gasteiger partial charge in [-0.1, -0.05) is 77.8 Å². The van der Waals surface area contributed by atoms with Gasteiger partial charge < -0.3 is 69.7 Å². The number of hydrogen-bond donors (Lipinski definition) is 12. The molecule has 12 amide bonds. The van der Waals surface area contributed by atoms with Gasteiger partial charge >= 0.3 is 0 Å². The summed E-state index contributed by atoms with van der Waals surface area (Å²) in [5.41, 5.74) is 16.5. The number of carbonyl (C=O) groups is 12. The van der Waals surface area contributed by atoms with Crippen molar-refractivity contribution in [1.29, 1.82) is 0 Å². The van der Waals surface area contributed by atoms with Gasteiger partial charge in [0, 0.05) is 26.3 Å². The second kappa shape index (κ2) is 31.0. The highest BCUT2D eigenvalue weighted by molar-refractivity contribution is 5.99. The SMILES string of the molecule is CCCCCCCC[C@H](NC(=O)CN(C)C(=O)[C@@H]1CCC(=O)NCC(=O)N[C@@H](Cc2ccc(O)cc2)C(=O)NC(C(C)CC)C(=O)N[C@@H](CCC(N)=O)C(=O)N[C@@H](CC(N)=O)C(=O)N1)C(=O)NCC(N)=O. The highest BCUT2D eigenvalue weighted by Crippen LogP contribution is 2.15. The lowest BCUT2D eigenvalue weighted by molar-refractivity contribution is -0.140. The lowest BCUT2D eigenvalue weighted by Crippen LogP contribution is -2.61. The molecule has 2 rings (SSSR count). The van der Waals surface area contributed by atoms with Crippen LogP contribution in [0, 0.1) is 5.92 Å². The summed E-state index contributed by atoms with van der Waals surface area (Å²) in [6.07, 6.45) is 2.83. The number of unbranched alkanes of at least 4 members (excludes halogenated alkanes) is 5. The third-order valence-electron chi connectivity index (χ3n) is 11.6. The zero-order valence-electron chi connectivity index (χ0n) is 40.9. The highest BCUT2D eigenvalue weighted by Gasteiger charge is 2.36. The number of benzene rings is 1. The number of nitrogens with one attached hydrogen (secondary N) is 8. The Bertz CT molecular complexity index is 2050. The van der Waals surface area contributed by atoms with E-state index in [0.29, 0.717) is 18.4 Å². The summed E-state index contributed by atoms with van der Waals surface area (Å²) < 4.78 is 0. The Morgan fingerprint density at radius 1 is 0.746 bits per heavy atom. The van der Waals surface area contributed by atoms with Crippen molar-refractivity contribution in [2.24, 2.45) is 23.1 Å². The predicted molar refractivity (Wildman–Crippen MR) is 255 cm³/mol. The summed E-state index contributed by atoms with van der Waals surface area (Å²) in [6, 6.07) is -3.22. The fourth-order valence-corrected chi connectivity index (χ4v) is 7.34. The van der Waals surface area contributed by atoms with Crippen molar-refractivity contribution in [2.75, 3.05) is 26.7 Å². The summed E-state index contributed by atoms with van der Waals surface area (Å²) >= 11 is 0. The van der Waals surface area contributed by atoms with Gasteiger partial charge in [0.1, 0.15) is 42.0 Å². The molecule has 0 saturated carbocycles. The molecule has 1 saturated heterocycles. The van der Waals surface area contributed by atoms with Crippen LogP contribution in [0.3, 0.4) is 0 Å². The average Bonchev–Trinajstić information content (AvgIpc) is 3.31. The topological polar surface area (TPSA) is 403 Å². The fraction of sp³-hybridized carbons (Fsp3) is 0.609. The molecule has 1 aromatic carbocycles. The molecule has 0 aromatic heterocycles. The number of carbonyl (C=O) groups excluding carboxylic acids is 12. The first kappa shape index (κ1) is 59.8. The maximum atomic E-state index is 14.1. The van der Waals surface area contributed by atoms with Gasteiger partial charge in [-0.05, 0) is 42.9 Å². The second-order valence-electron chi connectivity index (χ2n) is 17.6. The molecule has 1 fully saturated rings. The van der Waals surface area contributed by atoms with Crippen molar-refractivity contribution >= 4 is 70.9 Å². The van der Waals surface area contributed by atoms with E-state index in [2.05, 4.69) is 49.5 Å². The van der Waals surface area contributed by atoms with Gasteiger partial charge in [0.05, 0.1) is 26.1 Å². The third kappa shape index (κ3) is 22.8. The molecule has 0 radical (unpaired) electrons. The van der Waals surface area contributed by atoms with Gasteiger partial charge in [-0.2, -0.15) is 0 Å². The van der Waals surface area contributed by atoms with E-state index in [-0.39, 0.29) is 18.6 Å². The molecule has 394 valence electrons. The van der Waals surface area contributed by atoms with E-state index >= 15 is 0 Å². The summed E-state index contributed by atoms with van der Waals surface area (Å²) in [7, 11) is 1.19. The molecule has 0 spiro atoms. The first-order valence-electron chi connectivity index (χ1n) is 23.8. The molecule has 25 heteroatoms. The summed E-state index contributed by atoms with van der Waals surface area (Å²) in [5, 5.41) is 29.5. The first-order chi connectivity index (χ1) is 33.5. The Labute approximate surface area is 412 Å². The highest BCUT2D eigenvalue weighted by atomic mass is 16.3. The molecule has 7 atom stereocenters. The monoisotopic (exact) mass is 1000 g/mol. The van der Waals surface area contributed by atoms with Crippen LogP contribution in [0.25, 0.3) is 0 Å². The maximum Gasteiger partial charge on any atom is 0.245 e. The number of phenols is 1. The Morgan fingerprint density at radius 3 is 1.99 bits per heavy atom. The van der Waals surface area contributed by atoms with E-state index in [9.17, 15) is 62.6 Å². The largest absolute Gasteiger partial charge is 0.508 e. The lowest BCUT2D eigenvalue weighted by Gasteiger charge is -2.29. The smallest absolute Gasteiger partial charge is 0.245 e. The molecule has 71 heavy (non-hydrogen) atoms. The Balaban J connectivity index is 2.55. The third-order valence-corrected chi connectivity index (χ3v) is 11.6. The van der Waals surface area contributed by atoms with Gasteiger partial charge in [0.25, 0.3) is 0 Å². The zero-order valence-corrected chi connectivity index (χ0v) is 40.9. The van der Waals surface area contributed by atoms with E-state index in [4.69, 9.17) is 17.2 Å². The molecule has 1 aliphatic rings. The number of phenolic OH excluding ortho intramolecular Hbond substituents is 1. The molecule has 0 aliphatic carbocycles. The number of hydrogen-bond acceptors (Lipinski definition) is 13. The molecule has 25 nitrogen and oxygen atoms in total. The second-order valence-corrected chi connectivity index (χ2v) is 17.6. The average molecular weight is 1000 g/mol. The molecule has 2 unspecified atom stereocenters. The van der Waals surface area contributed by atoms with Gasteiger partial charge in [0.2, 0.25) is 70.9 Å². The number of likely N-dealkylation sites (N-methyl/N-ethyl adjacent to an activating group) is 1. The van der Waals surface area contributed by atoms with Crippen LogP contribution in [0.4, 0.5) is 0 Å². The van der Waals surface area contributed by atoms with Crippen molar-refractivity contribution in [3.8, 4) is 5.75 Å². The number of amides is 12. The van der Waals surface area contributed by atoms with Crippen LogP contribution in [0.5, 0.6) is 5.75 Å². The number of aromatic hydroxyl groups is 1. The summed E-state index contributed by atoms with van der Waals surface area (Å²) in [6.45, 7) is 3.55. The first-order valence-corrected chi connectivity index (χ1v) is 23.8. The van der Waals surface area contributed by atoms with Crippen molar-refractivity contribution in [3.05, 3.63) is 29.8 Å². The number of primary amides is 3. The summed E-state index contributed by atoms with van der Waals surface area (Å²) in [5.74, 6) is -11.6.